The minimum Gasteiger partial charge on any atom is -0.320 e. The van der Waals surface area contributed by atoms with Crippen LogP contribution in [0.15, 0.2) is 45.7 Å². The van der Waals surface area contributed by atoms with Gasteiger partial charge in [-0.1, -0.05) is 55.2 Å². The minimum atomic E-state index is -0.279. The number of carbonyl (C=O) groups is 1. The highest BCUT2D eigenvalue weighted by atomic mass is 35.5. The van der Waals surface area contributed by atoms with Crippen molar-refractivity contribution in [2.75, 3.05) is 5.32 Å². The molecule has 1 heterocycles. The van der Waals surface area contributed by atoms with E-state index < -0.39 is 0 Å². The predicted molar refractivity (Wildman–Crippen MR) is 105 cm³/mol. The third kappa shape index (κ3) is 3.10. The molecule has 2 atom stereocenters. The average Bonchev–Trinajstić information content (AvgIpc) is 3.04. The molecule has 1 amide bonds. The number of hydrogen-bond donors (Lipinski definition) is 1. The van der Waals surface area contributed by atoms with E-state index in [0.29, 0.717) is 11.4 Å². The lowest BCUT2D eigenvalue weighted by Crippen LogP contribution is -2.24. The fraction of sp³-hybridized carbons (Fsp3) is 0.368. The summed E-state index contributed by atoms with van der Waals surface area (Å²) in [6.07, 6.45) is 1.69. The van der Waals surface area contributed by atoms with Crippen LogP contribution in [-0.4, -0.2) is 15.3 Å². The molecular formula is C19H21Cl2N3O2. The molecule has 0 spiro atoms. The van der Waals surface area contributed by atoms with E-state index in [4.69, 9.17) is 23.2 Å². The van der Waals surface area contributed by atoms with Gasteiger partial charge in [0.15, 0.2) is 0 Å². The van der Waals surface area contributed by atoms with Crippen LogP contribution in [0.5, 0.6) is 0 Å². The largest absolute Gasteiger partial charge is 0.320 e. The predicted octanol–water partition coefficient (Wildman–Crippen LogP) is 4.01. The number of amides is 1. The van der Waals surface area contributed by atoms with E-state index >= 15 is 0 Å². The van der Waals surface area contributed by atoms with Gasteiger partial charge in [-0.25, -0.2) is 4.68 Å². The molecule has 1 aromatic heterocycles. The number of carbonyl (C=O) groups excluding carboxylic acids is 1. The highest BCUT2D eigenvalue weighted by molar-refractivity contribution is 6.55. The standard InChI is InChI=1S/C19H21Cl2N3O2/c1-11-16(18(26)24(23(11)4)12-8-6-5-7-9-12)22-17(25)15-13(10-14(20)21)19(15,2)3/h5-10,13,15H,1-4H3,(H,22,25)/t13-,15+/m0/s1. The van der Waals surface area contributed by atoms with E-state index in [0.717, 1.165) is 5.69 Å². The maximum atomic E-state index is 12.9. The zero-order chi connectivity index (χ0) is 19.2. The first-order valence-electron chi connectivity index (χ1n) is 8.34. The van der Waals surface area contributed by atoms with Gasteiger partial charge in [-0.05, 0) is 36.5 Å². The van der Waals surface area contributed by atoms with Gasteiger partial charge < -0.3 is 5.32 Å². The molecule has 138 valence electrons. The topological polar surface area (TPSA) is 56.0 Å². The summed E-state index contributed by atoms with van der Waals surface area (Å²) in [6.45, 7) is 5.77. The zero-order valence-corrected chi connectivity index (χ0v) is 16.6. The maximum absolute atomic E-state index is 12.9. The number of nitrogens with one attached hydrogen (secondary N) is 1. The number of allylic oxidation sites excluding steroid dienone is 1. The second kappa shape index (κ2) is 6.63. The second-order valence-corrected chi connectivity index (χ2v) is 8.21. The molecular weight excluding hydrogens is 373 g/mol. The van der Waals surface area contributed by atoms with Gasteiger partial charge in [0.05, 0.1) is 17.3 Å². The Bertz CT molecular complexity index is 938. The van der Waals surface area contributed by atoms with Gasteiger partial charge in [0.25, 0.3) is 5.56 Å². The van der Waals surface area contributed by atoms with Crippen molar-refractivity contribution in [1.82, 2.24) is 9.36 Å². The molecule has 3 rings (SSSR count). The molecule has 1 N–H and O–H groups in total. The molecule has 0 radical (unpaired) electrons. The molecule has 0 saturated heterocycles. The van der Waals surface area contributed by atoms with Crippen molar-refractivity contribution in [3.05, 3.63) is 56.9 Å². The molecule has 7 heteroatoms. The van der Waals surface area contributed by atoms with Crippen LogP contribution in [-0.2, 0) is 11.8 Å². The quantitative estimate of drug-likeness (QED) is 0.852. The Kier molecular flexibility index (Phi) is 4.80. The Morgan fingerprint density at radius 3 is 2.42 bits per heavy atom. The minimum absolute atomic E-state index is 0.0483. The summed E-state index contributed by atoms with van der Waals surface area (Å²) in [5.74, 6) is -0.524. The van der Waals surface area contributed by atoms with Crippen molar-refractivity contribution in [3.8, 4) is 5.69 Å². The lowest BCUT2D eigenvalue weighted by atomic mass is 10.1. The first-order chi connectivity index (χ1) is 12.2. The summed E-state index contributed by atoms with van der Waals surface area (Å²) in [5, 5.41) is 2.82. The van der Waals surface area contributed by atoms with E-state index in [2.05, 4.69) is 5.32 Å². The van der Waals surface area contributed by atoms with Crippen molar-refractivity contribution >= 4 is 34.8 Å². The van der Waals surface area contributed by atoms with Gasteiger partial charge in [0.1, 0.15) is 10.2 Å². The third-order valence-electron chi connectivity index (χ3n) is 5.30. The summed E-state index contributed by atoms with van der Waals surface area (Å²) in [7, 11) is 1.79. The van der Waals surface area contributed by atoms with Crippen molar-refractivity contribution in [3.63, 3.8) is 0 Å². The highest BCUT2D eigenvalue weighted by Crippen LogP contribution is 2.60. The molecule has 0 bridgehead atoms. The fourth-order valence-electron chi connectivity index (χ4n) is 3.54. The van der Waals surface area contributed by atoms with Crippen molar-refractivity contribution < 1.29 is 4.79 Å². The Morgan fingerprint density at radius 2 is 1.85 bits per heavy atom. The number of nitrogens with zero attached hydrogens (tertiary/aromatic N) is 2. The Balaban J connectivity index is 1.92. The van der Waals surface area contributed by atoms with Crippen LogP contribution in [0.1, 0.15) is 19.5 Å². The Labute approximate surface area is 162 Å². The number of rotatable bonds is 4. The molecule has 1 saturated carbocycles. The molecule has 1 aliphatic rings. The molecule has 1 aliphatic carbocycles. The summed E-state index contributed by atoms with van der Waals surface area (Å²) in [4.78, 5) is 25.6. The van der Waals surface area contributed by atoms with Gasteiger partial charge in [-0.15, -0.1) is 0 Å². The molecule has 1 aromatic carbocycles. The van der Waals surface area contributed by atoms with Crippen LogP contribution in [0.25, 0.3) is 5.69 Å². The van der Waals surface area contributed by atoms with Crippen LogP contribution in [0.2, 0.25) is 0 Å². The molecule has 2 aromatic rings. The average molecular weight is 394 g/mol. The van der Waals surface area contributed by atoms with Crippen molar-refractivity contribution in [1.29, 1.82) is 0 Å². The Hall–Kier alpha value is -1.98. The van der Waals surface area contributed by atoms with Crippen LogP contribution in [0.3, 0.4) is 0 Å². The summed E-state index contributed by atoms with van der Waals surface area (Å²) >= 11 is 11.5. The monoisotopic (exact) mass is 393 g/mol. The van der Waals surface area contributed by atoms with Gasteiger partial charge in [-0.2, -0.15) is 0 Å². The smallest absolute Gasteiger partial charge is 0.295 e. The molecule has 0 aliphatic heterocycles. The Morgan fingerprint density at radius 1 is 1.23 bits per heavy atom. The highest BCUT2D eigenvalue weighted by Gasteiger charge is 2.60. The number of aromatic nitrogens is 2. The maximum Gasteiger partial charge on any atom is 0.295 e. The van der Waals surface area contributed by atoms with Gasteiger partial charge in [0.2, 0.25) is 5.91 Å². The number of anilines is 1. The fourth-order valence-corrected chi connectivity index (χ4v) is 3.81. The third-order valence-corrected chi connectivity index (χ3v) is 5.55. The molecule has 5 nitrogen and oxygen atoms in total. The molecule has 0 unspecified atom stereocenters. The first-order valence-corrected chi connectivity index (χ1v) is 9.09. The van der Waals surface area contributed by atoms with E-state index in [9.17, 15) is 9.59 Å². The lowest BCUT2D eigenvalue weighted by Gasteiger charge is -2.07. The van der Waals surface area contributed by atoms with Crippen LogP contribution in [0.4, 0.5) is 5.69 Å². The first kappa shape index (κ1) is 18.8. The van der Waals surface area contributed by atoms with E-state index in [1.807, 2.05) is 51.1 Å². The van der Waals surface area contributed by atoms with Gasteiger partial charge >= 0.3 is 0 Å². The SMILES string of the molecule is Cc1c(NC(=O)[C@H]2[C@H](C=C(Cl)Cl)C2(C)C)c(=O)n(-c2ccccc2)n1C. The summed E-state index contributed by atoms with van der Waals surface area (Å²) < 4.78 is 3.43. The van der Waals surface area contributed by atoms with E-state index in [-0.39, 0.29) is 33.2 Å². The van der Waals surface area contributed by atoms with E-state index in [1.54, 1.807) is 17.8 Å². The van der Waals surface area contributed by atoms with Crippen molar-refractivity contribution in [2.45, 2.75) is 20.8 Å². The number of para-hydroxylation sites is 1. The molecule has 26 heavy (non-hydrogen) atoms. The van der Waals surface area contributed by atoms with Crippen LogP contribution >= 0.6 is 23.2 Å². The van der Waals surface area contributed by atoms with Gasteiger partial charge in [-0.3, -0.25) is 14.3 Å². The molecule has 1 fully saturated rings. The number of halogens is 2. The lowest BCUT2D eigenvalue weighted by molar-refractivity contribution is -0.118. The second-order valence-electron chi connectivity index (χ2n) is 7.21. The van der Waals surface area contributed by atoms with Crippen LogP contribution < -0.4 is 10.9 Å². The van der Waals surface area contributed by atoms with Crippen LogP contribution in [0, 0.1) is 24.2 Å². The summed E-state index contributed by atoms with van der Waals surface area (Å²) in [6, 6.07) is 9.31. The number of hydrogen-bond acceptors (Lipinski definition) is 2. The van der Waals surface area contributed by atoms with Gasteiger partial charge in [0, 0.05) is 7.05 Å². The summed E-state index contributed by atoms with van der Waals surface area (Å²) in [5.41, 5.74) is 1.22. The van der Waals surface area contributed by atoms with E-state index in [1.165, 1.54) is 4.68 Å². The number of benzene rings is 1. The zero-order valence-electron chi connectivity index (χ0n) is 15.1. The normalized spacial score (nSPS) is 20.5. The van der Waals surface area contributed by atoms with Crippen molar-refractivity contribution in [2.24, 2.45) is 24.3 Å².